The van der Waals surface area contributed by atoms with Crippen molar-refractivity contribution in [3.63, 3.8) is 0 Å². The first-order chi connectivity index (χ1) is 13.8. The fraction of sp³-hybridized carbons (Fsp3) is 0.741. The number of carbonyl (C=O) groups excluding carboxylic acids is 1. The molecule has 0 bridgehead atoms. The molecule has 3 aliphatic rings. The van der Waals surface area contributed by atoms with Gasteiger partial charge in [0.15, 0.2) is 0 Å². The Kier molecular flexibility index (Phi) is 7.12. The van der Waals surface area contributed by atoms with Crippen LogP contribution < -0.4 is 0 Å². The summed E-state index contributed by atoms with van der Waals surface area (Å²) in [6.07, 6.45) is 15.8. The zero-order valence-electron chi connectivity index (χ0n) is 19.4. The van der Waals surface area contributed by atoms with Crippen molar-refractivity contribution in [2.45, 2.75) is 92.1 Å². The second kappa shape index (κ2) is 9.23. The number of hydrogen-bond acceptors (Lipinski definition) is 2. The van der Waals surface area contributed by atoms with E-state index in [0.717, 1.165) is 32.1 Å². The molecular weight excluding hydrogens is 356 g/mol. The molecule has 0 aromatic heterocycles. The van der Waals surface area contributed by atoms with Crippen molar-refractivity contribution in [3.05, 3.63) is 36.0 Å². The predicted octanol–water partition coefficient (Wildman–Crippen LogP) is 7.27. The first kappa shape index (κ1) is 22.4. The highest BCUT2D eigenvalue weighted by atomic mass is 16.5. The molecule has 0 N–H and O–H groups in total. The van der Waals surface area contributed by atoms with E-state index in [0.29, 0.717) is 36.0 Å². The fourth-order valence-electron chi connectivity index (χ4n) is 6.18. The lowest BCUT2D eigenvalue weighted by molar-refractivity contribution is -0.154. The van der Waals surface area contributed by atoms with Gasteiger partial charge in [0.25, 0.3) is 0 Å². The quantitative estimate of drug-likeness (QED) is 0.333. The number of esters is 1. The Bertz CT molecular complexity index is 672. The van der Waals surface area contributed by atoms with Gasteiger partial charge in [0.1, 0.15) is 6.10 Å². The molecule has 29 heavy (non-hydrogen) atoms. The zero-order chi connectivity index (χ0) is 21.2. The second-order valence-electron chi connectivity index (χ2n) is 10.4. The van der Waals surface area contributed by atoms with Gasteiger partial charge in [0, 0.05) is 6.42 Å². The van der Waals surface area contributed by atoms with Gasteiger partial charge in [-0.3, -0.25) is 4.79 Å². The molecule has 7 atom stereocenters. The molecule has 0 radical (unpaired) electrons. The summed E-state index contributed by atoms with van der Waals surface area (Å²) in [5, 5.41) is 0. The van der Waals surface area contributed by atoms with Gasteiger partial charge < -0.3 is 4.74 Å². The van der Waals surface area contributed by atoms with E-state index in [9.17, 15) is 4.79 Å². The van der Waals surface area contributed by atoms with Crippen LogP contribution in [0.2, 0.25) is 0 Å². The molecule has 0 saturated carbocycles. The molecule has 1 saturated heterocycles. The lowest BCUT2D eigenvalue weighted by Crippen LogP contribution is -2.45. The van der Waals surface area contributed by atoms with E-state index in [1.165, 1.54) is 18.4 Å². The van der Waals surface area contributed by atoms with Crippen molar-refractivity contribution in [1.82, 2.24) is 0 Å². The van der Waals surface area contributed by atoms with Crippen molar-refractivity contribution in [2.75, 3.05) is 0 Å². The molecule has 2 heteroatoms. The van der Waals surface area contributed by atoms with Gasteiger partial charge in [0.05, 0.1) is 0 Å². The number of hydrogen-bond donors (Lipinski definition) is 0. The second-order valence-corrected chi connectivity index (χ2v) is 10.4. The Morgan fingerprint density at radius 2 is 2.10 bits per heavy atom. The summed E-state index contributed by atoms with van der Waals surface area (Å²) in [5.74, 6) is 3.03. The van der Waals surface area contributed by atoms with Gasteiger partial charge in [-0.15, -0.1) is 0 Å². The Morgan fingerprint density at radius 3 is 2.79 bits per heavy atom. The summed E-state index contributed by atoms with van der Waals surface area (Å²) >= 11 is 0. The predicted molar refractivity (Wildman–Crippen MR) is 121 cm³/mol. The van der Waals surface area contributed by atoms with Gasteiger partial charge in [-0.2, -0.15) is 0 Å². The van der Waals surface area contributed by atoms with Gasteiger partial charge in [-0.25, -0.2) is 0 Å². The number of fused-ring (bicyclic) bond motifs is 1. The van der Waals surface area contributed by atoms with Crippen LogP contribution in [0.15, 0.2) is 36.0 Å². The normalized spacial score (nSPS) is 38.0. The molecule has 2 aliphatic carbocycles. The molecule has 0 amide bonds. The summed E-state index contributed by atoms with van der Waals surface area (Å²) in [5.41, 5.74) is 3.16. The third-order valence-corrected chi connectivity index (χ3v) is 8.40. The zero-order valence-corrected chi connectivity index (χ0v) is 19.4. The lowest BCUT2D eigenvalue weighted by Gasteiger charge is -2.53. The van der Waals surface area contributed by atoms with Gasteiger partial charge >= 0.3 is 5.97 Å². The van der Waals surface area contributed by atoms with Crippen LogP contribution in [-0.4, -0.2) is 12.1 Å². The number of carbonyl (C=O) groups is 1. The molecule has 162 valence electrons. The molecule has 1 aliphatic heterocycles. The van der Waals surface area contributed by atoms with Crippen LogP contribution in [0.25, 0.3) is 0 Å². The summed E-state index contributed by atoms with van der Waals surface area (Å²) < 4.78 is 5.65. The number of cyclic esters (lactones) is 1. The van der Waals surface area contributed by atoms with E-state index in [1.54, 1.807) is 5.57 Å². The van der Waals surface area contributed by atoms with Crippen LogP contribution in [0.3, 0.4) is 0 Å². The molecule has 1 fully saturated rings. The average molecular weight is 399 g/mol. The first-order valence-corrected chi connectivity index (χ1v) is 12.0. The lowest BCUT2D eigenvalue weighted by atomic mass is 9.51. The van der Waals surface area contributed by atoms with Crippen LogP contribution in [0.1, 0.15) is 86.0 Å². The molecule has 3 rings (SSSR count). The van der Waals surface area contributed by atoms with E-state index in [2.05, 4.69) is 59.4 Å². The highest BCUT2D eigenvalue weighted by molar-refractivity contribution is 5.70. The van der Waals surface area contributed by atoms with Crippen molar-refractivity contribution < 1.29 is 9.53 Å². The Hall–Kier alpha value is -1.31. The Balaban J connectivity index is 1.82. The van der Waals surface area contributed by atoms with E-state index in [1.807, 2.05) is 0 Å². The molecule has 1 heterocycles. The first-order valence-electron chi connectivity index (χ1n) is 12.0. The van der Waals surface area contributed by atoms with E-state index in [-0.39, 0.29) is 17.5 Å². The third-order valence-electron chi connectivity index (χ3n) is 8.40. The maximum absolute atomic E-state index is 11.7. The maximum Gasteiger partial charge on any atom is 0.306 e. The third kappa shape index (κ3) is 4.72. The molecule has 0 unspecified atom stereocenters. The van der Waals surface area contributed by atoms with Crippen molar-refractivity contribution >= 4 is 5.97 Å². The summed E-state index contributed by atoms with van der Waals surface area (Å²) in [7, 11) is 0. The Morgan fingerprint density at radius 1 is 1.34 bits per heavy atom. The molecule has 2 nitrogen and oxygen atoms in total. The van der Waals surface area contributed by atoms with Crippen LogP contribution in [0, 0.1) is 35.0 Å². The topological polar surface area (TPSA) is 26.3 Å². The SMILES string of the molecule is C=C(C[C@@H]1C[C@H](C)C=C2C=C[C@H](C)[C@H](CC[C@H]3CCCC(=O)O3)[C@]21C)[C@@H](C)CC. The smallest absolute Gasteiger partial charge is 0.306 e. The molecular formula is C27H42O2. The molecule has 0 aromatic carbocycles. The van der Waals surface area contributed by atoms with Crippen molar-refractivity contribution in [3.8, 4) is 0 Å². The van der Waals surface area contributed by atoms with Crippen LogP contribution >= 0.6 is 0 Å². The largest absolute Gasteiger partial charge is 0.462 e. The summed E-state index contributed by atoms with van der Waals surface area (Å²) in [4.78, 5) is 11.7. The Labute approximate surface area is 178 Å². The van der Waals surface area contributed by atoms with E-state index >= 15 is 0 Å². The minimum Gasteiger partial charge on any atom is -0.462 e. The van der Waals surface area contributed by atoms with Crippen molar-refractivity contribution in [1.29, 1.82) is 0 Å². The fourth-order valence-corrected chi connectivity index (χ4v) is 6.18. The van der Waals surface area contributed by atoms with Crippen LogP contribution in [0.5, 0.6) is 0 Å². The van der Waals surface area contributed by atoms with Gasteiger partial charge in [-0.1, -0.05) is 65.0 Å². The van der Waals surface area contributed by atoms with Crippen LogP contribution in [-0.2, 0) is 9.53 Å². The van der Waals surface area contributed by atoms with Gasteiger partial charge in [-0.05, 0) is 85.5 Å². The average Bonchev–Trinajstić information content (AvgIpc) is 2.68. The summed E-state index contributed by atoms with van der Waals surface area (Å²) in [6.45, 7) is 16.4. The minimum absolute atomic E-state index is 0.00106. The van der Waals surface area contributed by atoms with Gasteiger partial charge in [0.2, 0.25) is 0 Å². The summed E-state index contributed by atoms with van der Waals surface area (Å²) in [6, 6.07) is 0. The van der Waals surface area contributed by atoms with Crippen molar-refractivity contribution in [2.24, 2.45) is 35.0 Å². The number of allylic oxidation sites excluding steroid dienone is 5. The highest BCUT2D eigenvalue weighted by Crippen LogP contribution is 2.57. The standard InChI is InChI=1S/C27H42O2/c1-7-19(3)21(5)17-23-16-18(2)15-22-12-11-20(4)25(27(22,23)6)14-13-24-9-8-10-26(28)29-24/h11-12,15,18-20,23-25H,5,7-10,13-14,16-17H2,1-4,6H3/t18-,19+,20+,23+,24-,25+,27-/m1/s1. The monoisotopic (exact) mass is 398 g/mol. The van der Waals surface area contributed by atoms with E-state index in [4.69, 9.17) is 4.74 Å². The molecule has 0 spiro atoms. The minimum atomic E-state index is -0.00106. The van der Waals surface area contributed by atoms with Crippen LogP contribution in [0.4, 0.5) is 0 Å². The molecule has 0 aromatic rings. The number of rotatable bonds is 7. The highest BCUT2D eigenvalue weighted by Gasteiger charge is 2.49. The maximum atomic E-state index is 11.7. The number of ether oxygens (including phenoxy) is 1. The van der Waals surface area contributed by atoms with E-state index < -0.39 is 0 Å².